The van der Waals surface area contributed by atoms with Crippen LogP contribution in [0.5, 0.6) is 0 Å². The van der Waals surface area contributed by atoms with Crippen LogP contribution in [0.4, 0.5) is 9.39 Å². The van der Waals surface area contributed by atoms with Gasteiger partial charge in [-0.25, -0.2) is 17.6 Å². The molecule has 1 aromatic heterocycles. The lowest BCUT2D eigenvalue weighted by molar-refractivity contribution is 0.0520. The Kier molecular flexibility index (Phi) is 6.01. The number of hydrogen-bond donors (Lipinski definition) is 1. The van der Waals surface area contributed by atoms with Crippen LogP contribution in [0.1, 0.15) is 40.6 Å². The largest absolute Gasteiger partial charge is 0.461 e. The third kappa shape index (κ3) is 4.03. The molecule has 2 aromatic rings. The van der Waals surface area contributed by atoms with Crippen LogP contribution >= 0.6 is 11.5 Å². The maximum absolute atomic E-state index is 14.2. The fraction of sp³-hybridized carbons (Fsp3) is 0.375. The third-order valence-electron chi connectivity index (χ3n) is 4.06. The second-order valence-corrected chi connectivity index (χ2v) is 8.54. The van der Waals surface area contributed by atoms with Crippen molar-refractivity contribution in [2.45, 2.75) is 24.7 Å². The van der Waals surface area contributed by atoms with Gasteiger partial charge < -0.3 is 10.1 Å². The predicted molar refractivity (Wildman–Crippen MR) is 98.2 cm³/mol. The number of amides is 1. The molecule has 9 nitrogen and oxygen atoms in total. The van der Waals surface area contributed by atoms with E-state index in [0.717, 1.165) is 29.7 Å². The van der Waals surface area contributed by atoms with Gasteiger partial charge in [0, 0.05) is 30.2 Å². The van der Waals surface area contributed by atoms with E-state index in [9.17, 15) is 22.4 Å². The first-order chi connectivity index (χ1) is 13.3. The van der Waals surface area contributed by atoms with Crippen molar-refractivity contribution >= 4 is 38.4 Å². The number of sulfonamides is 1. The van der Waals surface area contributed by atoms with Crippen molar-refractivity contribution in [3.8, 4) is 0 Å². The van der Waals surface area contributed by atoms with Crippen LogP contribution in [0.15, 0.2) is 23.1 Å². The number of nitrogens with one attached hydrogen (secondary N) is 1. The molecule has 0 aliphatic carbocycles. The van der Waals surface area contributed by atoms with Gasteiger partial charge in [0.25, 0.3) is 5.91 Å². The molecule has 12 heteroatoms. The van der Waals surface area contributed by atoms with E-state index in [4.69, 9.17) is 4.74 Å². The number of hydrogen-bond acceptors (Lipinski definition) is 8. The van der Waals surface area contributed by atoms with E-state index in [1.165, 1.54) is 4.31 Å². The lowest BCUT2D eigenvalue weighted by Crippen LogP contribution is -2.29. The molecule has 0 radical (unpaired) electrons. The second kappa shape index (κ2) is 8.29. The summed E-state index contributed by atoms with van der Waals surface area (Å²) in [5, 5.41) is 6.11. The molecule has 0 unspecified atom stereocenters. The summed E-state index contributed by atoms with van der Waals surface area (Å²) in [6, 6.07) is 3.07. The number of benzene rings is 1. The second-order valence-electron chi connectivity index (χ2n) is 5.88. The molecule has 0 spiro atoms. The number of rotatable bonds is 6. The lowest BCUT2D eigenvalue weighted by atomic mass is 10.2. The van der Waals surface area contributed by atoms with Crippen molar-refractivity contribution < 1.29 is 27.1 Å². The van der Waals surface area contributed by atoms with Gasteiger partial charge in [0.1, 0.15) is 10.7 Å². The summed E-state index contributed by atoms with van der Waals surface area (Å²) in [5.41, 5.74) is -0.241. The van der Waals surface area contributed by atoms with E-state index in [1.54, 1.807) is 6.92 Å². The number of carbonyl (C=O) groups excluding carboxylic acids is 2. The SMILES string of the molecule is CCOC(=O)c1nnsc1NC(=O)c1ccc(F)c(S(=O)(=O)N2CCCC2)c1. The molecule has 1 aliphatic rings. The number of nitrogens with zero attached hydrogens (tertiary/aromatic N) is 3. The van der Waals surface area contributed by atoms with Crippen molar-refractivity contribution in [3.05, 3.63) is 35.3 Å². The van der Waals surface area contributed by atoms with E-state index in [1.807, 2.05) is 0 Å². The highest BCUT2D eigenvalue weighted by Gasteiger charge is 2.30. The van der Waals surface area contributed by atoms with Crippen LogP contribution in [-0.2, 0) is 14.8 Å². The van der Waals surface area contributed by atoms with Gasteiger partial charge in [-0.2, -0.15) is 4.31 Å². The molecular weight excluding hydrogens is 411 g/mol. The Bertz CT molecular complexity index is 1000. The van der Waals surface area contributed by atoms with Gasteiger partial charge in [-0.15, -0.1) is 5.10 Å². The van der Waals surface area contributed by atoms with Crippen molar-refractivity contribution in [2.24, 2.45) is 0 Å². The topological polar surface area (TPSA) is 119 Å². The zero-order valence-corrected chi connectivity index (χ0v) is 16.5. The summed E-state index contributed by atoms with van der Waals surface area (Å²) in [6.45, 7) is 2.37. The number of anilines is 1. The zero-order chi connectivity index (χ0) is 20.3. The van der Waals surface area contributed by atoms with E-state index in [2.05, 4.69) is 14.9 Å². The first-order valence-electron chi connectivity index (χ1n) is 8.45. The molecule has 3 rings (SSSR count). The minimum Gasteiger partial charge on any atom is -0.461 e. The molecule has 1 saturated heterocycles. The molecule has 1 amide bonds. The lowest BCUT2D eigenvalue weighted by Gasteiger charge is -2.16. The predicted octanol–water partition coefficient (Wildman–Crippen LogP) is 1.89. The Labute approximate surface area is 164 Å². The quantitative estimate of drug-likeness (QED) is 0.698. The Morgan fingerprint density at radius 1 is 1.32 bits per heavy atom. The van der Waals surface area contributed by atoms with Crippen molar-refractivity contribution in [2.75, 3.05) is 25.0 Å². The molecule has 0 saturated carbocycles. The highest BCUT2D eigenvalue weighted by atomic mass is 32.2. The van der Waals surface area contributed by atoms with Gasteiger partial charge in [-0.05, 0) is 38.0 Å². The Hall–Kier alpha value is -2.44. The molecule has 2 heterocycles. The number of halogens is 1. The van der Waals surface area contributed by atoms with Gasteiger partial charge >= 0.3 is 5.97 Å². The number of ether oxygens (including phenoxy) is 1. The highest BCUT2D eigenvalue weighted by molar-refractivity contribution is 7.89. The highest BCUT2D eigenvalue weighted by Crippen LogP contribution is 2.25. The average molecular weight is 428 g/mol. The molecule has 28 heavy (non-hydrogen) atoms. The normalized spacial score (nSPS) is 14.8. The molecular formula is C16H17FN4O5S2. The summed E-state index contributed by atoms with van der Waals surface area (Å²) in [4.78, 5) is 23.8. The molecule has 1 N–H and O–H groups in total. The molecule has 0 bridgehead atoms. The van der Waals surface area contributed by atoms with Crippen LogP contribution < -0.4 is 5.32 Å². The van der Waals surface area contributed by atoms with Crippen LogP contribution in [0.3, 0.4) is 0 Å². The number of aromatic nitrogens is 2. The third-order valence-corrected chi connectivity index (χ3v) is 6.62. The van der Waals surface area contributed by atoms with E-state index >= 15 is 0 Å². The summed E-state index contributed by atoms with van der Waals surface area (Å²) in [6.07, 6.45) is 1.41. The van der Waals surface area contributed by atoms with Gasteiger partial charge in [-0.1, -0.05) is 4.49 Å². The van der Waals surface area contributed by atoms with Gasteiger partial charge in [0.15, 0.2) is 5.00 Å². The van der Waals surface area contributed by atoms with E-state index in [0.29, 0.717) is 25.9 Å². The fourth-order valence-electron chi connectivity index (χ4n) is 2.69. The van der Waals surface area contributed by atoms with Gasteiger partial charge in [0.2, 0.25) is 15.7 Å². The first-order valence-corrected chi connectivity index (χ1v) is 10.7. The summed E-state index contributed by atoms with van der Waals surface area (Å²) < 4.78 is 49.1. The number of carbonyl (C=O) groups is 2. The zero-order valence-electron chi connectivity index (χ0n) is 14.8. The molecule has 1 aromatic carbocycles. The van der Waals surface area contributed by atoms with E-state index in [-0.39, 0.29) is 22.9 Å². The van der Waals surface area contributed by atoms with Crippen LogP contribution in [0.25, 0.3) is 0 Å². The standard InChI is InChI=1S/C16H17FN4O5S2/c1-2-26-16(23)13-15(27-20-19-13)18-14(22)10-5-6-11(17)12(9-10)28(24,25)21-7-3-4-8-21/h5-6,9H,2-4,7-8H2,1H3,(H,18,22). The maximum atomic E-state index is 14.2. The maximum Gasteiger partial charge on any atom is 0.362 e. The Morgan fingerprint density at radius 2 is 2.04 bits per heavy atom. The monoisotopic (exact) mass is 428 g/mol. The van der Waals surface area contributed by atoms with Crippen molar-refractivity contribution in [1.29, 1.82) is 0 Å². The Balaban J connectivity index is 1.86. The molecule has 150 valence electrons. The minimum absolute atomic E-state index is 0.0525. The smallest absolute Gasteiger partial charge is 0.362 e. The molecule has 1 fully saturated rings. The fourth-order valence-corrected chi connectivity index (χ4v) is 4.85. The summed E-state index contributed by atoms with van der Waals surface area (Å²) in [5.74, 6) is -2.41. The minimum atomic E-state index is -4.03. The molecule has 1 aliphatic heterocycles. The van der Waals surface area contributed by atoms with Crippen LogP contribution in [-0.4, -0.2) is 53.9 Å². The first kappa shape index (κ1) is 20.3. The van der Waals surface area contributed by atoms with Crippen molar-refractivity contribution in [1.82, 2.24) is 13.9 Å². The Morgan fingerprint density at radius 3 is 2.71 bits per heavy atom. The summed E-state index contributed by atoms with van der Waals surface area (Å²) >= 11 is 0.766. The number of esters is 1. The molecule has 0 atom stereocenters. The average Bonchev–Trinajstić information content (AvgIpc) is 3.34. The van der Waals surface area contributed by atoms with Gasteiger partial charge in [0.05, 0.1) is 6.61 Å². The summed E-state index contributed by atoms with van der Waals surface area (Å²) in [7, 11) is -4.03. The van der Waals surface area contributed by atoms with Crippen molar-refractivity contribution in [3.63, 3.8) is 0 Å². The van der Waals surface area contributed by atoms with Crippen LogP contribution in [0.2, 0.25) is 0 Å². The van der Waals surface area contributed by atoms with Crippen LogP contribution in [0, 0.1) is 5.82 Å². The van der Waals surface area contributed by atoms with Gasteiger partial charge in [-0.3, -0.25) is 4.79 Å². The van der Waals surface area contributed by atoms with E-state index < -0.39 is 32.6 Å².